The van der Waals surface area contributed by atoms with E-state index in [9.17, 15) is 9.59 Å². The minimum Gasteiger partial charge on any atom is -0.352 e. The predicted molar refractivity (Wildman–Crippen MR) is 119 cm³/mol. The fourth-order valence-corrected chi connectivity index (χ4v) is 3.35. The average molecular weight is 416 g/mol. The standard InChI is InChI=1S/C24H24N4O3/c1-3-17-6-8-18(9-7-17)14-25-20(29)12-13-28-15-26-23-21(24(28)30)22(27-31-23)19-10-4-16(2)5-11-19/h4-11,15H,3,12-14H2,1-2H3,(H,25,29). The zero-order valence-electron chi connectivity index (χ0n) is 17.6. The highest BCUT2D eigenvalue weighted by molar-refractivity contribution is 5.88. The number of nitrogens with zero attached hydrogens (tertiary/aromatic N) is 3. The third-order valence-corrected chi connectivity index (χ3v) is 5.29. The Hall–Kier alpha value is -3.74. The minimum absolute atomic E-state index is 0.129. The van der Waals surface area contributed by atoms with Crippen molar-refractivity contribution in [3.8, 4) is 11.3 Å². The summed E-state index contributed by atoms with van der Waals surface area (Å²) in [5.41, 5.74) is 4.57. The van der Waals surface area contributed by atoms with E-state index in [-0.39, 0.29) is 30.1 Å². The van der Waals surface area contributed by atoms with Crippen LogP contribution >= 0.6 is 0 Å². The van der Waals surface area contributed by atoms with Crippen LogP contribution in [0.1, 0.15) is 30.0 Å². The molecule has 0 aliphatic rings. The second kappa shape index (κ2) is 8.95. The van der Waals surface area contributed by atoms with Gasteiger partial charge in [-0.05, 0) is 24.5 Å². The largest absolute Gasteiger partial charge is 0.352 e. The van der Waals surface area contributed by atoms with Crippen molar-refractivity contribution in [2.24, 2.45) is 0 Å². The molecule has 7 heteroatoms. The van der Waals surface area contributed by atoms with Crippen LogP contribution in [0, 0.1) is 6.92 Å². The topological polar surface area (TPSA) is 90.0 Å². The van der Waals surface area contributed by atoms with Crippen molar-refractivity contribution in [2.45, 2.75) is 39.8 Å². The molecule has 2 aromatic heterocycles. The van der Waals surface area contributed by atoms with Gasteiger partial charge in [-0.1, -0.05) is 66.2 Å². The Bertz CT molecular complexity index is 1250. The van der Waals surface area contributed by atoms with Crippen molar-refractivity contribution in [2.75, 3.05) is 0 Å². The van der Waals surface area contributed by atoms with Crippen molar-refractivity contribution in [1.29, 1.82) is 0 Å². The van der Waals surface area contributed by atoms with Gasteiger partial charge in [0, 0.05) is 25.1 Å². The fourth-order valence-electron chi connectivity index (χ4n) is 3.35. The Balaban J connectivity index is 1.45. The maximum atomic E-state index is 13.0. The molecule has 0 saturated carbocycles. The molecule has 0 unspecified atom stereocenters. The van der Waals surface area contributed by atoms with Crippen LogP contribution in [0.25, 0.3) is 22.4 Å². The average Bonchev–Trinajstić information content (AvgIpc) is 3.23. The number of fused-ring (bicyclic) bond motifs is 1. The molecular formula is C24H24N4O3. The molecule has 31 heavy (non-hydrogen) atoms. The first-order chi connectivity index (χ1) is 15.0. The number of hydrogen-bond donors (Lipinski definition) is 1. The van der Waals surface area contributed by atoms with E-state index in [1.165, 1.54) is 16.5 Å². The zero-order chi connectivity index (χ0) is 21.8. The van der Waals surface area contributed by atoms with Crippen LogP contribution in [-0.4, -0.2) is 20.6 Å². The van der Waals surface area contributed by atoms with Crippen LogP contribution in [0.15, 0.2) is 64.2 Å². The number of aromatic nitrogens is 3. The van der Waals surface area contributed by atoms with Gasteiger partial charge in [0.05, 0.1) is 0 Å². The van der Waals surface area contributed by atoms with Gasteiger partial charge in [0.25, 0.3) is 11.3 Å². The first kappa shape index (κ1) is 20.5. The van der Waals surface area contributed by atoms with Gasteiger partial charge in [-0.15, -0.1) is 0 Å². The van der Waals surface area contributed by atoms with E-state index in [0.717, 1.165) is 23.1 Å². The van der Waals surface area contributed by atoms with E-state index >= 15 is 0 Å². The molecule has 0 aliphatic heterocycles. The summed E-state index contributed by atoms with van der Waals surface area (Å²) in [6.45, 7) is 4.78. The van der Waals surface area contributed by atoms with E-state index in [1.54, 1.807) is 0 Å². The molecule has 0 radical (unpaired) electrons. The quantitative estimate of drug-likeness (QED) is 0.497. The van der Waals surface area contributed by atoms with E-state index in [4.69, 9.17) is 4.52 Å². The van der Waals surface area contributed by atoms with Gasteiger partial charge in [0.2, 0.25) is 5.91 Å². The smallest absolute Gasteiger partial charge is 0.266 e. The van der Waals surface area contributed by atoms with E-state index in [2.05, 4.69) is 34.5 Å². The van der Waals surface area contributed by atoms with Crippen LogP contribution in [0.5, 0.6) is 0 Å². The normalized spacial score (nSPS) is 11.0. The molecule has 7 nitrogen and oxygen atoms in total. The highest BCUT2D eigenvalue weighted by atomic mass is 16.5. The van der Waals surface area contributed by atoms with Gasteiger partial charge in [-0.3, -0.25) is 14.2 Å². The molecule has 0 aliphatic carbocycles. The molecule has 158 valence electrons. The van der Waals surface area contributed by atoms with Crippen molar-refractivity contribution in [3.63, 3.8) is 0 Å². The van der Waals surface area contributed by atoms with Gasteiger partial charge in [-0.2, -0.15) is 0 Å². The molecule has 4 rings (SSSR count). The molecular weight excluding hydrogens is 392 g/mol. The van der Waals surface area contributed by atoms with E-state index in [0.29, 0.717) is 17.6 Å². The number of nitrogens with one attached hydrogen (secondary N) is 1. The summed E-state index contributed by atoms with van der Waals surface area (Å²) >= 11 is 0. The molecule has 1 amide bonds. The molecule has 4 aromatic rings. The van der Waals surface area contributed by atoms with Crippen LogP contribution in [0.4, 0.5) is 0 Å². The maximum Gasteiger partial charge on any atom is 0.266 e. The van der Waals surface area contributed by atoms with Gasteiger partial charge in [-0.25, -0.2) is 4.98 Å². The lowest BCUT2D eigenvalue weighted by molar-refractivity contribution is -0.121. The van der Waals surface area contributed by atoms with Crippen LogP contribution in [0.3, 0.4) is 0 Å². The highest BCUT2D eigenvalue weighted by Crippen LogP contribution is 2.24. The SMILES string of the molecule is CCc1ccc(CNC(=O)CCn2cnc3onc(-c4ccc(C)cc4)c3c2=O)cc1. The van der Waals surface area contributed by atoms with Gasteiger partial charge >= 0.3 is 0 Å². The number of amides is 1. The lowest BCUT2D eigenvalue weighted by atomic mass is 10.1. The highest BCUT2D eigenvalue weighted by Gasteiger charge is 2.17. The molecule has 2 heterocycles. The number of hydrogen-bond acceptors (Lipinski definition) is 5. The minimum atomic E-state index is -0.273. The lowest BCUT2D eigenvalue weighted by Gasteiger charge is -2.08. The molecule has 2 aromatic carbocycles. The van der Waals surface area contributed by atoms with Crippen LogP contribution < -0.4 is 10.9 Å². The molecule has 0 spiro atoms. The van der Waals surface area contributed by atoms with Gasteiger partial charge < -0.3 is 9.84 Å². The third-order valence-electron chi connectivity index (χ3n) is 5.29. The number of carbonyl (C=O) groups excluding carboxylic acids is 1. The first-order valence-corrected chi connectivity index (χ1v) is 10.3. The van der Waals surface area contributed by atoms with Gasteiger partial charge in [0.15, 0.2) is 0 Å². The first-order valence-electron chi connectivity index (χ1n) is 10.3. The summed E-state index contributed by atoms with van der Waals surface area (Å²) in [5, 5.41) is 7.25. The van der Waals surface area contributed by atoms with Crippen molar-refractivity contribution >= 4 is 17.0 Å². The number of benzene rings is 2. The summed E-state index contributed by atoms with van der Waals surface area (Å²) < 4.78 is 6.67. The van der Waals surface area contributed by atoms with Crippen molar-refractivity contribution in [1.82, 2.24) is 20.0 Å². The number of aryl methyl sites for hydroxylation is 3. The molecule has 0 bridgehead atoms. The summed E-state index contributed by atoms with van der Waals surface area (Å²) in [7, 11) is 0. The lowest BCUT2D eigenvalue weighted by Crippen LogP contribution is -2.27. The number of carbonyl (C=O) groups is 1. The third kappa shape index (κ3) is 4.55. The van der Waals surface area contributed by atoms with Crippen LogP contribution in [-0.2, 0) is 24.3 Å². The van der Waals surface area contributed by atoms with E-state index in [1.807, 2.05) is 43.3 Å². The maximum absolute atomic E-state index is 13.0. The second-order valence-corrected chi connectivity index (χ2v) is 7.52. The summed E-state index contributed by atoms with van der Waals surface area (Å²) in [5.74, 6) is -0.129. The predicted octanol–water partition coefficient (Wildman–Crippen LogP) is 3.63. The Morgan fingerprint density at radius 2 is 1.77 bits per heavy atom. The molecule has 1 N–H and O–H groups in total. The summed E-state index contributed by atoms with van der Waals surface area (Å²) in [6, 6.07) is 15.8. The van der Waals surface area contributed by atoms with Gasteiger partial charge in [0.1, 0.15) is 17.4 Å². The van der Waals surface area contributed by atoms with E-state index < -0.39 is 0 Å². The Morgan fingerprint density at radius 1 is 1.06 bits per heavy atom. The monoisotopic (exact) mass is 416 g/mol. The molecule has 0 fully saturated rings. The molecule has 0 saturated heterocycles. The Kier molecular flexibility index (Phi) is 5.93. The second-order valence-electron chi connectivity index (χ2n) is 7.52. The fraction of sp³-hybridized carbons (Fsp3) is 0.250. The number of rotatable bonds is 7. The molecule has 0 atom stereocenters. The van der Waals surface area contributed by atoms with Crippen molar-refractivity contribution < 1.29 is 9.32 Å². The summed E-state index contributed by atoms with van der Waals surface area (Å²) in [4.78, 5) is 29.5. The Labute approximate surface area is 179 Å². The van der Waals surface area contributed by atoms with Crippen LogP contribution in [0.2, 0.25) is 0 Å². The van der Waals surface area contributed by atoms with Crippen molar-refractivity contribution in [3.05, 3.63) is 81.9 Å². The Morgan fingerprint density at radius 3 is 2.48 bits per heavy atom. The zero-order valence-corrected chi connectivity index (χ0v) is 17.6. The summed E-state index contributed by atoms with van der Waals surface area (Å²) in [6.07, 6.45) is 2.55.